The van der Waals surface area contributed by atoms with E-state index >= 15 is 0 Å². The fourth-order valence-electron chi connectivity index (χ4n) is 2.08. The summed E-state index contributed by atoms with van der Waals surface area (Å²) < 4.78 is 40.4. The highest BCUT2D eigenvalue weighted by Gasteiger charge is 2.31. The van der Waals surface area contributed by atoms with Gasteiger partial charge in [-0.15, -0.1) is 13.2 Å². The molecule has 132 valence electrons. The van der Waals surface area contributed by atoms with Crippen molar-refractivity contribution in [2.75, 3.05) is 17.2 Å². The van der Waals surface area contributed by atoms with Crippen molar-refractivity contribution in [3.63, 3.8) is 0 Å². The first-order valence-corrected chi connectivity index (χ1v) is 7.24. The fourth-order valence-corrected chi connectivity index (χ4v) is 2.08. The topological polar surface area (TPSA) is 67.4 Å². The van der Waals surface area contributed by atoms with Crippen LogP contribution >= 0.6 is 0 Å². The Morgan fingerprint density at radius 3 is 2.48 bits per heavy atom. The molecule has 0 saturated carbocycles. The Bertz CT molecular complexity index is 776. The maximum atomic E-state index is 12.2. The first kappa shape index (κ1) is 18.3. The van der Waals surface area contributed by atoms with Crippen molar-refractivity contribution >= 4 is 23.1 Å². The SMILES string of the molecule is CC(=O)c1ccccc1NC(=O)CNc1cccc(OC(F)(F)F)c1. The molecule has 0 radical (unpaired) electrons. The van der Waals surface area contributed by atoms with Gasteiger partial charge in [-0.25, -0.2) is 0 Å². The average Bonchev–Trinajstić information content (AvgIpc) is 2.52. The van der Waals surface area contributed by atoms with Crippen LogP contribution in [0.15, 0.2) is 48.5 Å². The van der Waals surface area contributed by atoms with Crippen LogP contribution < -0.4 is 15.4 Å². The third-order valence-corrected chi connectivity index (χ3v) is 3.10. The van der Waals surface area contributed by atoms with Gasteiger partial charge in [-0.1, -0.05) is 18.2 Å². The summed E-state index contributed by atoms with van der Waals surface area (Å²) >= 11 is 0. The monoisotopic (exact) mass is 352 g/mol. The van der Waals surface area contributed by atoms with Gasteiger partial charge >= 0.3 is 6.36 Å². The number of hydrogen-bond acceptors (Lipinski definition) is 4. The highest BCUT2D eigenvalue weighted by atomic mass is 19.4. The molecule has 5 nitrogen and oxygen atoms in total. The first-order valence-electron chi connectivity index (χ1n) is 7.24. The molecule has 0 bridgehead atoms. The Morgan fingerprint density at radius 2 is 1.80 bits per heavy atom. The highest BCUT2D eigenvalue weighted by molar-refractivity contribution is 6.04. The maximum Gasteiger partial charge on any atom is 0.573 e. The molecular weight excluding hydrogens is 337 g/mol. The summed E-state index contributed by atoms with van der Waals surface area (Å²) in [5.41, 5.74) is 1.03. The summed E-state index contributed by atoms with van der Waals surface area (Å²) in [6.07, 6.45) is -4.79. The van der Waals surface area contributed by atoms with Crippen molar-refractivity contribution in [1.82, 2.24) is 0 Å². The lowest BCUT2D eigenvalue weighted by Gasteiger charge is -2.12. The van der Waals surface area contributed by atoms with Gasteiger partial charge in [0.15, 0.2) is 5.78 Å². The number of Topliss-reactive ketones (excluding diaryl/α,β-unsaturated/α-hetero) is 1. The molecule has 0 heterocycles. The van der Waals surface area contributed by atoms with Crippen LogP contribution in [-0.2, 0) is 4.79 Å². The lowest BCUT2D eigenvalue weighted by Crippen LogP contribution is -2.23. The Hall–Kier alpha value is -3.03. The van der Waals surface area contributed by atoms with E-state index in [9.17, 15) is 22.8 Å². The van der Waals surface area contributed by atoms with Crippen LogP contribution in [0.25, 0.3) is 0 Å². The molecule has 2 rings (SSSR count). The second-order valence-electron chi connectivity index (χ2n) is 5.08. The van der Waals surface area contributed by atoms with E-state index in [0.717, 1.165) is 12.1 Å². The molecule has 25 heavy (non-hydrogen) atoms. The molecule has 0 aromatic heterocycles. The second kappa shape index (κ2) is 7.69. The number of halogens is 3. The molecule has 2 aromatic carbocycles. The summed E-state index contributed by atoms with van der Waals surface area (Å²) in [7, 11) is 0. The van der Waals surface area contributed by atoms with Crippen molar-refractivity contribution in [3.05, 3.63) is 54.1 Å². The van der Waals surface area contributed by atoms with E-state index in [4.69, 9.17) is 0 Å². The quantitative estimate of drug-likeness (QED) is 0.775. The summed E-state index contributed by atoms with van der Waals surface area (Å²) in [6.45, 7) is 1.19. The first-order chi connectivity index (χ1) is 11.7. The van der Waals surface area contributed by atoms with Gasteiger partial charge in [-0.3, -0.25) is 9.59 Å². The molecule has 1 amide bonds. The van der Waals surface area contributed by atoms with Gasteiger partial charge in [0, 0.05) is 17.3 Å². The van der Waals surface area contributed by atoms with E-state index in [2.05, 4.69) is 15.4 Å². The van der Waals surface area contributed by atoms with Gasteiger partial charge in [0.2, 0.25) is 5.91 Å². The number of benzene rings is 2. The molecule has 2 aromatic rings. The van der Waals surface area contributed by atoms with Gasteiger partial charge in [0.25, 0.3) is 0 Å². The Morgan fingerprint density at radius 1 is 1.08 bits per heavy atom. The van der Waals surface area contributed by atoms with E-state index in [0.29, 0.717) is 11.3 Å². The maximum absolute atomic E-state index is 12.2. The minimum absolute atomic E-state index is 0.193. The van der Waals surface area contributed by atoms with Gasteiger partial charge in [-0.05, 0) is 31.2 Å². The van der Waals surface area contributed by atoms with Crippen molar-refractivity contribution < 1.29 is 27.5 Å². The van der Waals surface area contributed by atoms with Crippen LogP contribution in [0.1, 0.15) is 17.3 Å². The van der Waals surface area contributed by atoms with Crippen molar-refractivity contribution in [1.29, 1.82) is 0 Å². The molecule has 0 aliphatic carbocycles. The minimum atomic E-state index is -4.79. The molecule has 0 atom stereocenters. The molecular formula is C17H15F3N2O3. The van der Waals surface area contributed by atoms with E-state index in [1.54, 1.807) is 24.3 Å². The number of nitrogens with one attached hydrogen (secondary N) is 2. The van der Waals surface area contributed by atoms with Gasteiger partial charge in [0.05, 0.1) is 12.2 Å². The van der Waals surface area contributed by atoms with E-state index in [-0.39, 0.29) is 23.8 Å². The summed E-state index contributed by atoms with van der Waals surface area (Å²) in [5, 5.41) is 5.28. The summed E-state index contributed by atoms with van der Waals surface area (Å²) in [6, 6.07) is 11.7. The summed E-state index contributed by atoms with van der Waals surface area (Å²) in [4.78, 5) is 23.5. The molecule has 0 saturated heterocycles. The van der Waals surface area contributed by atoms with Crippen LogP contribution in [0.3, 0.4) is 0 Å². The van der Waals surface area contributed by atoms with Gasteiger partial charge in [-0.2, -0.15) is 0 Å². The van der Waals surface area contributed by atoms with Crippen LogP contribution in [0, 0.1) is 0 Å². The molecule has 8 heteroatoms. The number of alkyl halides is 3. The van der Waals surface area contributed by atoms with Crippen LogP contribution in [0.5, 0.6) is 5.75 Å². The Labute approximate surface area is 141 Å². The fraction of sp³-hybridized carbons (Fsp3) is 0.176. The lowest BCUT2D eigenvalue weighted by molar-refractivity contribution is -0.274. The largest absolute Gasteiger partial charge is 0.573 e. The number of rotatable bonds is 6. The number of carbonyl (C=O) groups excluding carboxylic acids is 2. The van der Waals surface area contributed by atoms with E-state index in [1.165, 1.54) is 19.1 Å². The van der Waals surface area contributed by atoms with E-state index < -0.39 is 12.3 Å². The molecule has 2 N–H and O–H groups in total. The number of amides is 1. The number of para-hydroxylation sites is 1. The second-order valence-corrected chi connectivity index (χ2v) is 5.08. The Balaban J connectivity index is 1.97. The number of hydrogen-bond donors (Lipinski definition) is 2. The number of ether oxygens (including phenoxy) is 1. The number of anilines is 2. The molecule has 0 unspecified atom stereocenters. The smallest absolute Gasteiger partial charge is 0.406 e. The van der Waals surface area contributed by atoms with E-state index in [1.807, 2.05) is 0 Å². The molecule has 0 spiro atoms. The standard InChI is InChI=1S/C17H15F3N2O3/c1-11(23)14-7-2-3-8-15(14)22-16(24)10-21-12-5-4-6-13(9-12)25-17(18,19)20/h2-9,21H,10H2,1H3,(H,22,24). The normalized spacial score (nSPS) is 10.9. The number of ketones is 1. The Kier molecular flexibility index (Phi) is 5.63. The third kappa shape index (κ3) is 5.83. The average molecular weight is 352 g/mol. The minimum Gasteiger partial charge on any atom is -0.406 e. The predicted molar refractivity (Wildman–Crippen MR) is 86.7 cm³/mol. The number of carbonyl (C=O) groups is 2. The van der Waals surface area contributed by atoms with Gasteiger partial charge < -0.3 is 15.4 Å². The highest BCUT2D eigenvalue weighted by Crippen LogP contribution is 2.25. The van der Waals surface area contributed by atoms with Crippen molar-refractivity contribution in [3.8, 4) is 5.75 Å². The summed E-state index contributed by atoms with van der Waals surface area (Å²) in [5.74, 6) is -1.03. The van der Waals surface area contributed by atoms with Crippen LogP contribution in [-0.4, -0.2) is 24.6 Å². The lowest BCUT2D eigenvalue weighted by atomic mass is 10.1. The zero-order valence-corrected chi connectivity index (χ0v) is 13.2. The third-order valence-electron chi connectivity index (χ3n) is 3.10. The molecule has 0 aliphatic rings. The van der Waals surface area contributed by atoms with Crippen LogP contribution in [0.4, 0.5) is 24.5 Å². The zero-order chi connectivity index (χ0) is 18.4. The predicted octanol–water partition coefficient (Wildman–Crippen LogP) is 3.84. The zero-order valence-electron chi connectivity index (χ0n) is 13.2. The van der Waals surface area contributed by atoms with Gasteiger partial charge in [0.1, 0.15) is 5.75 Å². The van der Waals surface area contributed by atoms with Crippen molar-refractivity contribution in [2.24, 2.45) is 0 Å². The molecule has 0 fully saturated rings. The molecule has 0 aliphatic heterocycles. The van der Waals surface area contributed by atoms with Crippen molar-refractivity contribution in [2.45, 2.75) is 13.3 Å². The van der Waals surface area contributed by atoms with Crippen LogP contribution in [0.2, 0.25) is 0 Å².